The normalized spacial score (nSPS) is 20.1. The number of hydrogen-bond acceptors (Lipinski definition) is 4. The molecule has 5 heteroatoms. The quantitative estimate of drug-likeness (QED) is 0.816. The molecule has 0 aromatic carbocycles. The van der Waals surface area contributed by atoms with Crippen LogP contribution in [-0.4, -0.2) is 34.7 Å². The highest BCUT2D eigenvalue weighted by atomic mass is 79.9. The molecule has 4 nitrogen and oxygen atoms in total. The SMILES string of the molecule is CCN1CCC(c2noc(Br)n2)CC1. The first-order chi connectivity index (χ1) is 6.79. The van der Waals surface area contributed by atoms with Crippen LogP contribution in [0.15, 0.2) is 9.32 Å². The maximum atomic E-state index is 4.91. The molecule has 0 N–H and O–H groups in total. The van der Waals surface area contributed by atoms with Crippen LogP contribution in [0.5, 0.6) is 0 Å². The average Bonchev–Trinajstić information content (AvgIpc) is 2.65. The van der Waals surface area contributed by atoms with Gasteiger partial charge in [0.1, 0.15) is 0 Å². The van der Waals surface area contributed by atoms with Gasteiger partial charge in [-0.2, -0.15) is 4.98 Å². The van der Waals surface area contributed by atoms with E-state index in [4.69, 9.17) is 4.52 Å². The van der Waals surface area contributed by atoms with Crippen LogP contribution in [0.1, 0.15) is 31.5 Å². The lowest BCUT2D eigenvalue weighted by molar-refractivity contribution is 0.217. The molecule has 2 rings (SSSR count). The maximum Gasteiger partial charge on any atom is 0.293 e. The Morgan fingerprint density at radius 2 is 2.21 bits per heavy atom. The third kappa shape index (κ3) is 2.15. The molecular weight excluding hydrogens is 246 g/mol. The van der Waals surface area contributed by atoms with Crippen molar-refractivity contribution in [3.63, 3.8) is 0 Å². The number of aromatic nitrogens is 2. The van der Waals surface area contributed by atoms with E-state index in [2.05, 4.69) is 37.9 Å². The van der Waals surface area contributed by atoms with E-state index in [0.29, 0.717) is 10.7 Å². The lowest BCUT2D eigenvalue weighted by Crippen LogP contribution is -2.32. The van der Waals surface area contributed by atoms with Crippen molar-refractivity contribution in [1.29, 1.82) is 0 Å². The van der Waals surface area contributed by atoms with E-state index < -0.39 is 0 Å². The van der Waals surface area contributed by atoms with Gasteiger partial charge in [0.05, 0.1) is 0 Å². The molecule has 0 atom stereocenters. The van der Waals surface area contributed by atoms with Gasteiger partial charge in [-0.15, -0.1) is 0 Å². The molecule has 0 bridgehead atoms. The molecule has 1 aliphatic rings. The van der Waals surface area contributed by atoms with Gasteiger partial charge in [-0.1, -0.05) is 12.1 Å². The van der Waals surface area contributed by atoms with Crippen LogP contribution in [0, 0.1) is 0 Å². The summed E-state index contributed by atoms with van der Waals surface area (Å²) in [5.74, 6) is 1.33. The lowest BCUT2D eigenvalue weighted by Gasteiger charge is -2.29. The van der Waals surface area contributed by atoms with E-state index in [1.54, 1.807) is 0 Å². The highest BCUT2D eigenvalue weighted by Gasteiger charge is 2.23. The first-order valence-corrected chi connectivity index (χ1v) is 5.80. The number of hydrogen-bond donors (Lipinski definition) is 0. The minimum Gasteiger partial charge on any atom is -0.327 e. The van der Waals surface area contributed by atoms with Crippen molar-refractivity contribution in [2.75, 3.05) is 19.6 Å². The van der Waals surface area contributed by atoms with Gasteiger partial charge in [0.15, 0.2) is 5.82 Å². The van der Waals surface area contributed by atoms with Crippen LogP contribution < -0.4 is 0 Å². The van der Waals surface area contributed by atoms with Crippen LogP contribution in [0.3, 0.4) is 0 Å². The predicted molar refractivity (Wildman–Crippen MR) is 56.1 cm³/mol. The molecule has 78 valence electrons. The first-order valence-electron chi connectivity index (χ1n) is 5.01. The minimum atomic E-state index is 0.479. The summed E-state index contributed by atoms with van der Waals surface area (Å²) in [6, 6.07) is 0. The van der Waals surface area contributed by atoms with Crippen LogP contribution in [0.25, 0.3) is 0 Å². The molecule has 14 heavy (non-hydrogen) atoms. The summed E-state index contributed by atoms with van der Waals surface area (Å²) in [4.78, 5) is 7.15. The summed E-state index contributed by atoms with van der Waals surface area (Å²) in [5, 5.41) is 3.94. The Kier molecular flexibility index (Phi) is 3.18. The smallest absolute Gasteiger partial charge is 0.293 e. The highest BCUT2D eigenvalue weighted by Crippen LogP contribution is 2.26. The van der Waals surface area contributed by atoms with Gasteiger partial charge in [-0.25, -0.2) is 0 Å². The molecule has 2 heterocycles. The molecule has 0 spiro atoms. The van der Waals surface area contributed by atoms with E-state index in [1.165, 1.54) is 0 Å². The van der Waals surface area contributed by atoms with Gasteiger partial charge in [-0.05, 0) is 32.5 Å². The van der Waals surface area contributed by atoms with Crippen molar-refractivity contribution in [2.24, 2.45) is 0 Å². The van der Waals surface area contributed by atoms with Crippen molar-refractivity contribution in [2.45, 2.75) is 25.7 Å². The standard InChI is InChI=1S/C9H14BrN3O/c1-2-13-5-3-7(4-6-13)8-11-9(10)14-12-8/h7H,2-6H2,1H3. The summed E-state index contributed by atoms with van der Waals surface area (Å²) >= 11 is 3.17. The Bertz CT molecular complexity index is 294. The topological polar surface area (TPSA) is 42.2 Å². The molecule has 0 saturated carbocycles. The molecule has 1 aromatic heterocycles. The molecule has 0 aliphatic carbocycles. The van der Waals surface area contributed by atoms with Crippen LogP contribution in [0.4, 0.5) is 0 Å². The zero-order valence-electron chi connectivity index (χ0n) is 8.24. The zero-order valence-corrected chi connectivity index (χ0v) is 9.83. The molecule has 1 saturated heterocycles. The molecule has 1 fully saturated rings. The van der Waals surface area contributed by atoms with Crippen LogP contribution >= 0.6 is 15.9 Å². The summed E-state index contributed by atoms with van der Waals surface area (Å²) in [6.07, 6.45) is 2.28. The second-order valence-electron chi connectivity index (χ2n) is 3.61. The summed E-state index contributed by atoms with van der Waals surface area (Å²) in [6.45, 7) is 5.63. The highest BCUT2D eigenvalue weighted by molar-refractivity contribution is 9.10. The van der Waals surface area contributed by atoms with Gasteiger partial charge in [0.25, 0.3) is 4.80 Å². The van der Waals surface area contributed by atoms with Crippen LogP contribution in [0.2, 0.25) is 0 Å². The molecular formula is C9H14BrN3O. The Balaban J connectivity index is 1.95. The fourth-order valence-electron chi connectivity index (χ4n) is 1.89. The molecule has 1 aromatic rings. The Hall–Kier alpha value is -0.420. The number of rotatable bonds is 2. The number of halogens is 1. The van der Waals surface area contributed by atoms with Gasteiger partial charge in [0.2, 0.25) is 0 Å². The fraction of sp³-hybridized carbons (Fsp3) is 0.778. The third-order valence-electron chi connectivity index (χ3n) is 2.82. The van der Waals surface area contributed by atoms with Crippen molar-refractivity contribution >= 4 is 15.9 Å². The third-order valence-corrected chi connectivity index (χ3v) is 3.14. The van der Waals surface area contributed by atoms with Crippen molar-refractivity contribution in [3.8, 4) is 0 Å². The van der Waals surface area contributed by atoms with Gasteiger partial charge in [0, 0.05) is 21.8 Å². The maximum absolute atomic E-state index is 4.91. The largest absolute Gasteiger partial charge is 0.327 e. The first kappa shape index (κ1) is 10.1. The Morgan fingerprint density at radius 3 is 2.71 bits per heavy atom. The molecule has 0 radical (unpaired) electrons. The lowest BCUT2D eigenvalue weighted by atomic mass is 9.96. The Morgan fingerprint density at radius 1 is 1.50 bits per heavy atom. The van der Waals surface area contributed by atoms with E-state index in [9.17, 15) is 0 Å². The number of nitrogens with zero attached hydrogens (tertiary/aromatic N) is 3. The molecule has 0 amide bonds. The minimum absolute atomic E-state index is 0.479. The number of piperidine rings is 1. The molecule has 1 aliphatic heterocycles. The Labute approximate surface area is 91.8 Å². The van der Waals surface area contributed by atoms with E-state index >= 15 is 0 Å². The van der Waals surface area contributed by atoms with Crippen LogP contribution in [-0.2, 0) is 0 Å². The van der Waals surface area contributed by atoms with Gasteiger partial charge >= 0.3 is 0 Å². The van der Waals surface area contributed by atoms with E-state index in [0.717, 1.165) is 38.3 Å². The van der Waals surface area contributed by atoms with Crippen molar-refractivity contribution in [1.82, 2.24) is 15.0 Å². The summed E-state index contributed by atoms with van der Waals surface area (Å²) in [7, 11) is 0. The van der Waals surface area contributed by atoms with E-state index in [-0.39, 0.29) is 0 Å². The molecule has 0 unspecified atom stereocenters. The van der Waals surface area contributed by atoms with Crippen molar-refractivity contribution < 1.29 is 4.52 Å². The summed E-state index contributed by atoms with van der Waals surface area (Å²) in [5.41, 5.74) is 0. The predicted octanol–water partition coefficient (Wildman–Crippen LogP) is 2.03. The van der Waals surface area contributed by atoms with Gasteiger partial charge in [-0.3, -0.25) is 0 Å². The van der Waals surface area contributed by atoms with Crippen molar-refractivity contribution in [3.05, 3.63) is 10.6 Å². The zero-order chi connectivity index (χ0) is 9.97. The number of likely N-dealkylation sites (tertiary alicyclic amines) is 1. The van der Waals surface area contributed by atoms with Gasteiger partial charge < -0.3 is 9.42 Å². The fourth-order valence-corrected chi connectivity index (χ4v) is 2.14. The van der Waals surface area contributed by atoms with E-state index in [1.807, 2.05) is 0 Å². The summed E-state index contributed by atoms with van der Waals surface area (Å²) < 4.78 is 4.91. The second kappa shape index (κ2) is 4.40. The second-order valence-corrected chi connectivity index (χ2v) is 4.29. The average molecular weight is 260 g/mol. The monoisotopic (exact) mass is 259 g/mol.